The van der Waals surface area contributed by atoms with Crippen molar-refractivity contribution in [3.63, 3.8) is 0 Å². The molecule has 1 aliphatic rings. The van der Waals surface area contributed by atoms with Gasteiger partial charge < -0.3 is 5.73 Å². The third kappa shape index (κ3) is 2.49. The smallest absolute Gasteiger partial charge is 0.132 e. The summed E-state index contributed by atoms with van der Waals surface area (Å²) in [5.74, 6) is -0.327. The van der Waals surface area contributed by atoms with Crippen LogP contribution in [0.2, 0.25) is 0 Å². The van der Waals surface area contributed by atoms with E-state index in [0.29, 0.717) is 12.1 Å². The maximum Gasteiger partial charge on any atom is 0.132 e. The summed E-state index contributed by atoms with van der Waals surface area (Å²) in [6.45, 7) is 0.367. The quantitative estimate of drug-likeness (QED) is 0.854. The van der Waals surface area contributed by atoms with Gasteiger partial charge in [0.05, 0.1) is 0 Å². The van der Waals surface area contributed by atoms with E-state index in [1.54, 1.807) is 0 Å². The lowest BCUT2D eigenvalue weighted by Gasteiger charge is -2.39. The number of alkyl halides is 1. The summed E-state index contributed by atoms with van der Waals surface area (Å²) >= 11 is 0. The Labute approximate surface area is 101 Å². The SMILES string of the molecule is NCC1(C(F)c2ccc(F)cc2)CCCCC1. The van der Waals surface area contributed by atoms with Crippen LogP contribution in [0.3, 0.4) is 0 Å². The van der Waals surface area contributed by atoms with Gasteiger partial charge in [-0.15, -0.1) is 0 Å². The zero-order valence-corrected chi connectivity index (χ0v) is 9.96. The molecule has 17 heavy (non-hydrogen) atoms. The molecule has 0 bridgehead atoms. The number of nitrogens with two attached hydrogens (primary N) is 1. The van der Waals surface area contributed by atoms with Gasteiger partial charge in [0.15, 0.2) is 0 Å². The molecule has 1 aliphatic carbocycles. The standard InChI is InChI=1S/C14H19F2N/c15-12-6-4-11(5-7-12)13(16)14(10-17)8-2-1-3-9-14/h4-7,13H,1-3,8-10,17H2. The van der Waals surface area contributed by atoms with Crippen molar-refractivity contribution in [3.8, 4) is 0 Å². The van der Waals surface area contributed by atoms with Gasteiger partial charge in [-0.25, -0.2) is 8.78 Å². The summed E-state index contributed by atoms with van der Waals surface area (Å²) in [6.07, 6.45) is 3.84. The molecular weight excluding hydrogens is 220 g/mol. The largest absolute Gasteiger partial charge is 0.330 e. The monoisotopic (exact) mass is 239 g/mol. The summed E-state index contributed by atoms with van der Waals surface area (Å²) in [4.78, 5) is 0. The molecule has 0 amide bonds. The Balaban J connectivity index is 2.21. The number of halogens is 2. The van der Waals surface area contributed by atoms with Crippen molar-refractivity contribution < 1.29 is 8.78 Å². The van der Waals surface area contributed by atoms with Gasteiger partial charge >= 0.3 is 0 Å². The van der Waals surface area contributed by atoms with Crippen molar-refractivity contribution in [3.05, 3.63) is 35.6 Å². The highest BCUT2D eigenvalue weighted by molar-refractivity contribution is 5.21. The first kappa shape index (κ1) is 12.5. The summed E-state index contributed by atoms with van der Waals surface area (Å²) in [5, 5.41) is 0. The van der Waals surface area contributed by atoms with Gasteiger partial charge in [0, 0.05) is 12.0 Å². The topological polar surface area (TPSA) is 26.0 Å². The van der Waals surface area contributed by atoms with Gasteiger partial charge in [-0.05, 0) is 30.5 Å². The summed E-state index contributed by atoms with van der Waals surface area (Å²) in [6, 6.07) is 5.70. The fourth-order valence-corrected chi connectivity index (χ4v) is 2.80. The third-order valence-corrected chi connectivity index (χ3v) is 3.96. The van der Waals surface area contributed by atoms with Gasteiger partial charge in [0.1, 0.15) is 12.0 Å². The molecule has 1 nitrogen and oxygen atoms in total. The highest BCUT2D eigenvalue weighted by Crippen LogP contribution is 2.47. The zero-order chi connectivity index (χ0) is 12.3. The van der Waals surface area contributed by atoms with Crippen molar-refractivity contribution in [2.45, 2.75) is 38.3 Å². The van der Waals surface area contributed by atoms with E-state index >= 15 is 0 Å². The van der Waals surface area contributed by atoms with E-state index in [4.69, 9.17) is 5.73 Å². The average molecular weight is 239 g/mol. The Kier molecular flexibility index (Phi) is 3.77. The third-order valence-electron chi connectivity index (χ3n) is 3.96. The van der Waals surface area contributed by atoms with E-state index in [-0.39, 0.29) is 5.82 Å². The molecule has 1 aromatic carbocycles. The Morgan fingerprint density at radius 3 is 2.24 bits per heavy atom. The average Bonchev–Trinajstić information content (AvgIpc) is 2.39. The van der Waals surface area contributed by atoms with Gasteiger partial charge in [-0.3, -0.25) is 0 Å². The van der Waals surface area contributed by atoms with Crippen LogP contribution in [0.15, 0.2) is 24.3 Å². The van der Waals surface area contributed by atoms with Crippen LogP contribution < -0.4 is 5.73 Å². The van der Waals surface area contributed by atoms with E-state index in [1.807, 2.05) is 0 Å². The fourth-order valence-electron chi connectivity index (χ4n) is 2.80. The fraction of sp³-hybridized carbons (Fsp3) is 0.571. The van der Waals surface area contributed by atoms with Crippen molar-refractivity contribution in [1.82, 2.24) is 0 Å². The molecule has 0 aromatic heterocycles. The highest BCUT2D eigenvalue weighted by Gasteiger charge is 2.39. The molecule has 1 aromatic rings. The minimum atomic E-state index is -1.08. The van der Waals surface area contributed by atoms with Crippen LogP contribution in [-0.2, 0) is 0 Å². The Morgan fingerprint density at radius 2 is 1.71 bits per heavy atom. The van der Waals surface area contributed by atoms with E-state index in [2.05, 4.69) is 0 Å². The Hall–Kier alpha value is -0.960. The molecule has 0 saturated heterocycles. The van der Waals surface area contributed by atoms with E-state index in [0.717, 1.165) is 32.1 Å². The molecule has 3 heteroatoms. The molecule has 1 fully saturated rings. The first-order valence-electron chi connectivity index (χ1n) is 6.27. The van der Waals surface area contributed by atoms with Gasteiger partial charge in [-0.2, -0.15) is 0 Å². The molecule has 2 rings (SSSR count). The van der Waals surface area contributed by atoms with Crippen LogP contribution in [0.25, 0.3) is 0 Å². The molecular formula is C14H19F2N. The minimum absolute atomic E-state index is 0.327. The molecule has 1 unspecified atom stereocenters. The Morgan fingerprint density at radius 1 is 1.12 bits per heavy atom. The maximum atomic E-state index is 14.6. The van der Waals surface area contributed by atoms with Crippen LogP contribution in [0.1, 0.15) is 43.8 Å². The number of hydrogen-bond donors (Lipinski definition) is 1. The van der Waals surface area contributed by atoms with Crippen molar-refractivity contribution in [2.24, 2.45) is 11.1 Å². The molecule has 1 atom stereocenters. The normalized spacial score (nSPS) is 21.1. The molecule has 0 spiro atoms. The van der Waals surface area contributed by atoms with E-state index in [1.165, 1.54) is 24.3 Å². The zero-order valence-electron chi connectivity index (χ0n) is 9.96. The minimum Gasteiger partial charge on any atom is -0.330 e. The van der Waals surface area contributed by atoms with Crippen LogP contribution in [-0.4, -0.2) is 6.54 Å². The van der Waals surface area contributed by atoms with Crippen molar-refractivity contribution in [2.75, 3.05) is 6.54 Å². The molecule has 2 N–H and O–H groups in total. The second kappa shape index (κ2) is 5.13. The second-order valence-electron chi connectivity index (χ2n) is 5.04. The van der Waals surface area contributed by atoms with Gasteiger partial charge in [0.25, 0.3) is 0 Å². The molecule has 0 aliphatic heterocycles. The van der Waals surface area contributed by atoms with Crippen LogP contribution >= 0.6 is 0 Å². The lowest BCUT2D eigenvalue weighted by atomic mass is 9.69. The molecule has 0 radical (unpaired) electrons. The van der Waals surface area contributed by atoms with Crippen molar-refractivity contribution in [1.29, 1.82) is 0 Å². The first-order valence-corrected chi connectivity index (χ1v) is 6.27. The lowest BCUT2D eigenvalue weighted by Crippen LogP contribution is -2.37. The number of benzene rings is 1. The molecule has 0 heterocycles. The maximum absolute atomic E-state index is 14.6. The van der Waals surface area contributed by atoms with Crippen LogP contribution in [0.4, 0.5) is 8.78 Å². The van der Waals surface area contributed by atoms with E-state index in [9.17, 15) is 8.78 Å². The van der Waals surface area contributed by atoms with Crippen molar-refractivity contribution >= 4 is 0 Å². The number of hydrogen-bond acceptors (Lipinski definition) is 1. The highest BCUT2D eigenvalue weighted by atomic mass is 19.1. The van der Waals surface area contributed by atoms with Gasteiger partial charge in [0.2, 0.25) is 0 Å². The van der Waals surface area contributed by atoms with E-state index < -0.39 is 11.6 Å². The second-order valence-corrected chi connectivity index (χ2v) is 5.04. The molecule has 94 valence electrons. The lowest BCUT2D eigenvalue weighted by molar-refractivity contribution is 0.0677. The first-order chi connectivity index (χ1) is 8.18. The summed E-state index contributed by atoms with van der Waals surface area (Å²) < 4.78 is 27.4. The van der Waals surface area contributed by atoms with Crippen LogP contribution in [0.5, 0.6) is 0 Å². The summed E-state index contributed by atoms with van der Waals surface area (Å²) in [5.41, 5.74) is 5.91. The number of rotatable bonds is 3. The predicted molar refractivity (Wildman–Crippen MR) is 64.8 cm³/mol. The van der Waals surface area contributed by atoms with Crippen LogP contribution in [0, 0.1) is 11.2 Å². The molecule has 1 saturated carbocycles. The summed E-state index contributed by atoms with van der Waals surface area (Å²) in [7, 11) is 0. The van der Waals surface area contributed by atoms with Gasteiger partial charge in [-0.1, -0.05) is 31.4 Å². The predicted octanol–water partition coefficient (Wildman–Crippen LogP) is 3.75. The Bertz CT molecular complexity index is 355.